The molecule has 1 aromatic rings. The summed E-state index contributed by atoms with van der Waals surface area (Å²) >= 11 is 1.75. The van der Waals surface area contributed by atoms with E-state index in [4.69, 9.17) is 5.11 Å². The van der Waals surface area contributed by atoms with Crippen molar-refractivity contribution in [2.24, 2.45) is 0 Å². The van der Waals surface area contributed by atoms with Gasteiger partial charge in [0, 0.05) is 28.4 Å². The van der Waals surface area contributed by atoms with Crippen molar-refractivity contribution in [3.05, 3.63) is 38.7 Å². The molecular weight excluding hydrogens is 300 g/mol. The molecule has 1 amide bonds. The van der Waals surface area contributed by atoms with Crippen molar-refractivity contribution >= 4 is 29.3 Å². The Labute approximate surface area is 132 Å². The molecule has 3 aliphatic heterocycles. The lowest BCUT2D eigenvalue weighted by atomic mass is 9.94. The van der Waals surface area contributed by atoms with Crippen LogP contribution in [-0.2, 0) is 22.6 Å². The summed E-state index contributed by atoms with van der Waals surface area (Å²) < 4.78 is 0. The zero-order valence-corrected chi connectivity index (χ0v) is 13.0. The van der Waals surface area contributed by atoms with Gasteiger partial charge in [0.15, 0.2) is 0 Å². The number of rotatable bonds is 2. The van der Waals surface area contributed by atoms with Crippen molar-refractivity contribution in [3.8, 4) is 0 Å². The van der Waals surface area contributed by atoms with Gasteiger partial charge in [-0.05, 0) is 37.6 Å². The first kappa shape index (κ1) is 13.7. The van der Waals surface area contributed by atoms with Gasteiger partial charge in [0.25, 0.3) is 5.91 Å². The lowest BCUT2D eigenvalue weighted by Gasteiger charge is -2.38. The molecule has 0 saturated carbocycles. The van der Waals surface area contributed by atoms with Gasteiger partial charge in [-0.3, -0.25) is 9.69 Å². The molecule has 1 saturated heterocycles. The first-order chi connectivity index (χ1) is 10.5. The maximum absolute atomic E-state index is 12.2. The smallest absolute Gasteiger partial charge is 0.352 e. The topological polar surface area (TPSA) is 60.9 Å². The second-order valence-electron chi connectivity index (χ2n) is 6.01. The number of fused-ring (bicyclic) bond motifs is 2. The first-order valence-corrected chi connectivity index (χ1v) is 8.15. The van der Waals surface area contributed by atoms with E-state index in [1.54, 1.807) is 17.4 Å². The van der Waals surface area contributed by atoms with Gasteiger partial charge in [0.1, 0.15) is 5.70 Å². The van der Waals surface area contributed by atoms with Gasteiger partial charge in [-0.15, -0.1) is 11.3 Å². The molecule has 0 radical (unpaired) electrons. The quantitative estimate of drug-likeness (QED) is 0.666. The second-order valence-corrected chi connectivity index (χ2v) is 7.17. The third kappa shape index (κ3) is 1.94. The number of amides is 1. The van der Waals surface area contributed by atoms with E-state index in [-0.39, 0.29) is 17.6 Å². The lowest BCUT2D eigenvalue weighted by Crippen LogP contribution is -2.52. The van der Waals surface area contributed by atoms with E-state index in [1.807, 2.05) is 6.08 Å². The number of β-lactam (4-membered cyclic amide) rings is 1. The van der Waals surface area contributed by atoms with Crippen LogP contribution in [0.3, 0.4) is 0 Å². The fourth-order valence-corrected chi connectivity index (χ4v) is 4.52. The molecule has 114 valence electrons. The van der Waals surface area contributed by atoms with E-state index in [2.05, 4.69) is 18.0 Å². The number of hydrogen-bond donors (Lipinski definition) is 1. The SMILES string of the molecule is CN1CCc2sc(/C=C3/C(=O)N4C(C(=O)O)=CCC34)cc2C1. The Morgan fingerprint density at radius 3 is 3.09 bits per heavy atom. The highest BCUT2D eigenvalue weighted by molar-refractivity contribution is 7.13. The van der Waals surface area contributed by atoms with Gasteiger partial charge >= 0.3 is 5.97 Å². The Balaban J connectivity index is 1.59. The largest absolute Gasteiger partial charge is 0.477 e. The predicted octanol–water partition coefficient (Wildman–Crippen LogP) is 1.70. The highest BCUT2D eigenvalue weighted by atomic mass is 32.1. The van der Waals surface area contributed by atoms with Crippen LogP contribution in [0.5, 0.6) is 0 Å². The zero-order chi connectivity index (χ0) is 15.4. The molecule has 4 heterocycles. The summed E-state index contributed by atoms with van der Waals surface area (Å²) in [7, 11) is 2.11. The molecule has 0 spiro atoms. The van der Waals surface area contributed by atoms with Gasteiger partial charge in [-0.1, -0.05) is 6.08 Å². The van der Waals surface area contributed by atoms with E-state index in [1.165, 1.54) is 15.3 Å². The highest BCUT2D eigenvalue weighted by Crippen LogP contribution is 2.40. The molecule has 0 bridgehead atoms. The van der Waals surface area contributed by atoms with Gasteiger partial charge in [0.2, 0.25) is 0 Å². The minimum atomic E-state index is -1.02. The summed E-state index contributed by atoms with van der Waals surface area (Å²) in [4.78, 5) is 29.5. The van der Waals surface area contributed by atoms with E-state index >= 15 is 0 Å². The number of carboxylic acids is 1. The third-order valence-corrected chi connectivity index (χ3v) is 5.71. The number of carbonyl (C=O) groups is 2. The summed E-state index contributed by atoms with van der Waals surface area (Å²) in [5.41, 5.74) is 2.21. The van der Waals surface area contributed by atoms with Crippen LogP contribution in [0.2, 0.25) is 0 Å². The fraction of sp³-hybridized carbons (Fsp3) is 0.375. The van der Waals surface area contributed by atoms with E-state index in [9.17, 15) is 9.59 Å². The van der Waals surface area contributed by atoms with Crippen LogP contribution >= 0.6 is 11.3 Å². The molecule has 1 fully saturated rings. The van der Waals surface area contributed by atoms with Crippen molar-refractivity contribution < 1.29 is 14.7 Å². The number of carboxylic acid groups (broad SMARTS) is 1. The Kier molecular flexibility index (Phi) is 2.99. The predicted molar refractivity (Wildman–Crippen MR) is 83.3 cm³/mol. The van der Waals surface area contributed by atoms with Crippen molar-refractivity contribution in [3.63, 3.8) is 0 Å². The minimum Gasteiger partial charge on any atom is -0.477 e. The molecule has 22 heavy (non-hydrogen) atoms. The Morgan fingerprint density at radius 1 is 1.50 bits per heavy atom. The number of carbonyl (C=O) groups excluding carboxylic acids is 1. The molecular formula is C16H16N2O3S. The maximum Gasteiger partial charge on any atom is 0.352 e. The van der Waals surface area contributed by atoms with Crippen LogP contribution < -0.4 is 0 Å². The Bertz CT molecular complexity index is 747. The molecule has 1 atom stereocenters. The monoisotopic (exact) mass is 316 g/mol. The molecule has 6 heteroatoms. The van der Waals surface area contributed by atoms with Crippen molar-refractivity contribution in [2.75, 3.05) is 13.6 Å². The summed E-state index contributed by atoms with van der Waals surface area (Å²) in [5, 5.41) is 9.08. The van der Waals surface area contributed by atoms with Gasteiger partial charge < -0.3 is 10.0 Å². The highest BCUT2D eigenvalue weighted by Gasteiger charge is 2.48. The summed E-state index contributed by atoms with van der Waals surface area (Å²) in [6, 6.07) is 2.08. The number of nitrogens with zero attached hydrogens (tertiary/aromatic N) is 2. The summed E-state index contributed by atoms with van der Waals surface area (Å²) in [6.07, 6.45) is 5.26. The number of likely N-dealkylation sites (N-methyl/N-ethyl adjacent to an activating group) is 1. The lowest BCUT2D eigenvalue weighted by molar-refractivity contribution is -0.142. The average molecular weight is 316 g/mol. The summed E-state index contributed by atoms with van der Waals surface area (Å²) in [5.74, 6) is -1.19. The minimum absolute atomic E-state index is 0.0830. The molecule has 1 aromatic heterocycles. The van der Waals surface area contributed by atoms with Gasteiger partial charge in [-0.25, -0.2) is 4.79 Å². The molecule has 0 aromatic carbocycles. The normalized spacial score (nSPS) is 25.8. The summed E-state index contributed by atoms with van der Waals surface area (Å²) in [6.45, 7) is 2.04. The first-order valence-electron chi connectivity index (χ1n) is 7.33. The van der Waals surface area contributed by atoms with Gasteiger partial charge in [-0.2, -0.15) is 0 Å². The van der Waals surface area contributed by atoms with Gasteiger partial charge in [0.05, 0.1) is 6.04 Å². The fourth-order valence-electron chi connectivity index (χ4n) is 3.40. The Morgan fingerprint density at radius 2 is 2.32 bits per heavy atom. The maximum atomic E-state index is 12.2. The molecule has 5 nitrogen and oxygen atoms in total. The van der Waals surface area contributed by atoms with Crippen molar-refractivity contribution in [2.45, 2.75) is 25.4 Å². The molecule has 0 aliphatic carbocycles. The number of hydrogen-bond acceptors (Lipinski definition) is 4. The van der Waals surface area contributed by atoms with Crippen molar-refractivity contribution in [1.82, 2.24) is 9.80 Å². The van der Waals surface area contributed by atoms with Crippen LogP contribution in [0.25, 0.3) is 6.08 Å². The molecule has 3 aliphatic rings. The van der Waals surface area contributed by atoms with E-state index in [0.29, 0.717) is 6.42 Å². The molecule has 1 unspecified atom stereocenters. The molecule has 1 N–H and O–H groups in total. The third-order valence-electron chi connectivity index (χ3n) is 4.52. The van der Waals surface area contributed by atoms with E-state index < -0.39 is 5.97 Å². The zero-order valence-electron chi connectivity index (χ0n) is 12.2. The van der Waals surface area contributed by atoms with Crippen LogP contribution in [0.4, 0.5) is 0 Å². The van der Waals surface area contributed by atoms with Crippen LogP contribution in [0.1, 0.15) is 21.7 Å². The standard InChI is InChI=1S/C16H16N2O3S/c1-17-5-4-14-9(8-17)6-10(22-14)7-11-12-2-3-13(16(20)21)18(12)15(11)19/h3,6-7,12H,2,4-5,8H2,1H3,(H,20,21)/b11-7+. The van der Waals surface area contributed by atoms with Crippen molar-refractivity contribution in [1.29, 1.82) is 0 Å². The second kappa shape index (κ2) is 4.79. The van der Waals surface area contributed by atoms with Crippen LogP contribution in [0.15, 0.2) is 23.4 Å². The number of thiophene rings is 1. The number of aliphatic carboxylic acids is 1. The molecule has 4 rings (SSSR count). The van der Waals surface area contributed by atoms with Crippen LogP contribution in [0, 0.1) is 0 Å². The Hall–Kier alpha value is -1.92. The average Bonchev–Trinajstić information content (AvgIpc) is 3.05. The van der Waals surface area contributed by atoms with Crippen LogP contribution in [-0.4, -0.2) is 46.4 Å². The van der Waals surface area contributed by atoms with E-state index in [0.717, 1.165) is 30.0 Å².